The first-order valence-corrected chi connectivity index (χ1v) is 11.7. The minimum atomic E-state index is -0.408. The van der Waals surface area contributed by atoms with Gasteiger partial charge in [0, 0.05) is 17.5 Å². The molecule has 2 N–H and O–H groups in total. The van der Waals surface area contributed by atoms with Gasteiger partial charge in [0.2, 0.25) is 5.91 Å². The van der Waals surface area contributed by atoms with Crippen molar-refractivity contribution in [2.75, 3.05) is 6.54 Å². The predicted octanol–water partition coefficient (Wildman–Crippen LogP) is 4.70. The smallest absolute Gasteiger partial charge is 0.251 e. The van der Waals surface area contributed by atoms with Crippen LogP contribution in [-0.4, -0.2) is 24.4 Å². The molecule has 4 saturated carbocycles. The minimum absolute atomic E-state index is 0.0349. The second kappa shape index (κ2) is 8.89. The van der Waals surface area contributed by atoms with Gasteiger partial charge in [-0.05, 0) is 74.8 Å². The van der Waals surface area contributed by atoms with E-state index in [-0.39, 0.29) is 17.2 Å². The molecule has 0 aromatic heterocycles. The average Bonchev–Trinajstić information content (AvgIpc) is 2.71. The maximum Gasteiger partial charge on any atom is 0.251 e. The van der Waals surface area contributed by atoms with E-state index in [4.69, 9.17) is 0 Å². The second-order valence-corrected chi connectivity index (χ2v) is 9.90. The predicted molar refractivity (Wildman–Crippen MR) is 115 cm³/mol. The molecular formula is C25H36N2O2. The van der Waals surface area contributed by atoms with Crippen LogP contribution in [0.2, 0.25) is 0 Å². The van der Waals surface area contributed by atoms with Gasteiger partial charge in [-0.15, -0.1) is 0 Å². The molecule has 0 heterocycles. The van der Waals surface area contributed by atoms with Gasteiger partial charge in [0.1, 0.15) is 6.04 Å². The van der Waals surface area contributed by atoms with Gasteiger partial charge >= 0.3 is 0 Å². The summed E-state index contributed by atoms with van der Waals surface area (Å²) < 4.78 is 0. The van der Waals surface area contributed by atoms with Gasteiger partial charge in [-0.1, -0.05) is 44.4 Å². The van der Waals surface area contributed by atoms with Crippen molar-refractivity contribution in [3.05, 3.63) is 35.9 Å². The molecule has 0 saturated heterocycles. The molecule has 4 fully saturated rings. The van der Waals surface area contributed by atoms with Gasteiger partial charge in [0.05, 0.1) is 0 Å². The Hall–Kier alpha value is -1.84. The van der Waals surface area contributed by atoms with Gasteiger partial charge in [-0.3, -0.25) is 9.59 Å². The Morgan fingerprint density at radius 2 is 1.59 bits per heavy atom. The molecule has 0 radical (unpaired) electrons. The van der Waals surface area contributed by atoms with Crippen LogP contribution in [0.5, 0.6) is 0 Å². The quantitative estimate of drug-likeness (QED) is 0.595. The van der Waals surface area contributed by atoms with Crippen molar-refractivity contribution >= 4 is 11.8 Å². The van der Waals surface area contributed by atoms with Crippen molar-refractivity contribution in [2.45, 2.75) is 77.2 Å². The Balaban J connectivity index is 1.49. The second-order valence-electron chi connectivity index (χ2n) is 9.90. The van der Waals surface area contributed by atoms with Gasteiger partial charge in [0.15, 0.2) is 0 Å². The van der Waals surface area contributed by atoms with Crippen LogP contribution in [-0.2, 0) is 4.79 Å². The highest BCUT2D eigenvalue weighted by atomic mass is 16.2. The van der Waals surface area contributed by atoms with E-state index in [1.165, 1.54) is 32.1 Å². The summed E-state index contributed by atoms with van der Waals surface area (Å²) in [5.41, 5.74) is 0.588. The van der Waals surface area contributed by atoms with Crippen LogP contribution in [0.25, 0.3) is 0 Å². The van der Waals surface area contributed by atoms with Gasteiger partial charge in [-0.2, -0.15) is 0 Å². The van der Waals surface area contributed by atoms with Crippen molar-refractivity contribution in [3.63, 3.8) is 0 Å². The number of carbonyl (C=O) groups is 2. The first-order chi connectivity index (χ1) is 14.1. The van der Waals surface area contributed by atoms with E-state index < -0.39 is 6.04 Å². The number of nitrogens with one attached hydrogen (secondary N) is 2. The third-order valence-electron chi connectivity index (χ3n) is 7.60. The normalized spacial score (nSPS) is 30.7. The van der Waals surface area contributed by atoms with Crippen molar-refractivity contribution < 1.29 is 9.59 Å². The molecule has 0 unspecified atom stereocenters. The average molecular weight is 397 g/mol. The van der Waals surface area contributed by atoms with Crippen LogP contribution in [0.3, 0.4) is 0 Å². The highest BCUT2D eigenvalue weighted by Crippen LogP contribution is 2.61. The number of carbonyl (C=O) groups excluding carboxylic acids is 2. The molecule has 29 heavy (non-hydrogen) atoms. The number of unbranched alkanes of at least 4 members (excludes halogenated alkanes) is 3. The SMILES string of the molecule is CCCCCCNC(=O)[C@@H](NC(=O)c1ccccc1)C12CC3CC(CC(C3)C1)C2. The molecule has 1 aromatic carbocycles. The van der Waals surface area contributed by atoms with E-state index >= 15 is 0 Å². The van der Waals surface area contributed by atoms with Gasteiger partial charge in [0.25, 0.3) is 5.91 Å². The number of amides is 2. The molecule has 5 rings (SSSR count). The Morgan fingerprint density at radius 3 is 2.17 bits per heavy atom. The molecule has 2 amide bonds. The van der Waals surface area contributed by atoms with E-state index in [2.05, 4.69) is 17.6 Å². The molecule has 4 aliphatic rings. The lowest BCUT2D eigenvalue weighted by Gasteiger charge is -2.59. The topological polar surface area (TPSA) is 58.2 Å². The first kappa shape index (κ1) is 20.4. The van der Waals surface area contributed by atoms with Gasteiger partial charge < -0.3 is 10.6 Å². The standard InChI is InChI=1S/C25H36N2O2/c1-2-3-4-8-11-26-24(29)22(27-23(28)21-9-6-5-7-10-21)25-15-18-12-19(16-25)14-20(13-18)17-25/h5-7,9-10,18-20,22H,2-4,8,11-17H2,1H3,(H,26,29)(H,27,28)/t18?,19?,20?,22-,25?/m1/s1. The summed E-state index contributed by atoms with van der Waals surface area (Å²) in [5.74, 6) is 2.15. The third kappa shape index (κ3) is 4.51. The van der Waals surface area contributed by atoms with Crippen LogP contribution in [0.15, 0.2) is 30.3 Å². The summed E-state index contributed by atoms with van der Waals surface area (Å²) in [5, 5.41) is 6.36. The zero-order valence-corrected chi connectivity index (χ0v) is 17.8. The summed E-state index contributed by atoms with van der Waals surface area (Å²) in [4.78, 5) is 26.3. The molecule has 0 aliphatic heterocycles. The van der Waals surface area contributed by atoms with Crippen LogP contribution >= 0.6 is 0 Å². The van der Waals surface area contributed by atoms with Crippen LogP contribution in [0, 0.1) is 23.2 Å². The van der Waals surface area contributed by atoms with E-state index in [1.54, 1.807) is 0 Å². The number of rotatable bonds is 9. The molecule has 1 atom stereocenters. The lowest BCUT2D eigenvalue weighted by Crippen LogP contribution is -2.62. The lowest BCUT2D eigenvalue weighted by molar-refractivity contribution is -0.134. The van der Waals surface area contributed by atoms with E-state index in [0.717, 1.165) is 49.9 Å². The number of hydrogen-bond donors (Lipinski definition) is 2. The molecule has 158 valence electrons. The fourth-order valence-electron chi connectivity index (χ4n) is 6.70. The summed E-state index contributed by atoms with van der Waals surface area (Å²) in [6, 6.07) is 8.92. The van der Waals surface area contributed by atoms with Crippen molar-refractivity contribution in [2.24, 2.45) is 23.2 Å². The summed E-state index contributed by atoms with van der Waals surface area (Å²) >= 11 is 0. The highest BCUT2D eigenvalue weighted by Gasteiger charge is 2.56. The number of hydrogen-bond acceptors (Lipinski definition) is 2. The maximum absolute atomic E-state index is 13.3. The van der Waals surface area contributed by atoms with E-state index in [1.807, 2.05) is 30.3 Å². The molecule has 0 spiro atoms. The van der Waals surface area contributed by atoms with Crippen LogP contribution in [0.4, 0.5) is 0 Å². The zero-order chi connectivity index (χ0) is 20.3. The Labute approximate surface area is 175 Å². The number of benzene rings is 1. The highest BCUT2D eigenvalue weighted by molar-refractivity contribution is 5.97. The molecule has 4 aliphatic carbocycles. The Kier molecular flexibility index (Phi) is 6.26. The van der Waals surface area contributed by atoms with E-state index in [9.17, 15) is 9.59 Å². The molecule has 1 aromatic rings. The van der Waals surface area contributed by atoms with E-state index in [0.29, 0.717) is 12.1 Å². The molecule has 4 heteroatoms. The molecule has 4 nitrogen and oxygen atoms in total. The Bertz CT molecular complexity index is 680. The first-order valence-electron chi connectivity index (χ1n) is 11.7. The Morgan fingerprint density at radius 1 is 0.966 bits per heavy atom. The molecular weight excluding hydrogens is 360 g/mol. The van der Waals surface area contributed by atoms with Crippen LogP contribution in [0.1, 0.15) is 81.5 Å². The van der Waals surface area contributed by atoms with Crippen molar-refractivity contribution in [1.29, 1.82) is 0 Å². The fourth-order valence-corrected chi connectivity index (χ4v) is 6.70. The van der Waals surface area contributed by atoms with Crippen LogP contribution < -0.4 is 10.6 Å². The lowest BCUT2D eigenvalue weighted by atomic mass is 9.47. The zero-order valence-electron chi connectivity index (χ0n) is 17.8. The van der Waals surface area contributed by atoms with Gasteiger partial charge in [-0.25, -0.2) is 0 Å². The fraction of sp³-hybridized carbons (Fsp3) is 0.680. The summed E-state index contributed by atoms with van der Waals surface area (Å²) in [7, 11) is 0. The third-order valence-corrected chi connectivity index (χ3v) is 7.60. The maximum atomic E-state index is 13.3. The summed E-state index contributed by atoms with van der Waals surface area (Å²) in [6.07, 6.45) is 11.8. The summed E-state index contributed by atoms with van der Waals surface area (Å²) in [6.45, 7) is 2.91. The van der Waals surface area contributed by atoms with Crippen molar-refractivity contribution in [3.8, 4) is 0 Å². The minimum Gasteiger partial charge on any atom is -0.354 e. The van der Waals surface area contributed by atoms with Crippen molar-refractivity contribution in [1.82, 2.24) is 10.6 Å². The monoisotopic (exact) mass is 396 g/mol. The molecule has 4 bridgehead atoms. The largest absolute Gasteiger partial charge is 0.354 e.